The summed E-state index contributed by atoms with van der Waals surface area (Å²) in [6.07, 6.45) is 4.94. The number of halogens is 1. The average molecular weight is 474 g/mol. The number of hydrogen-bond donors (Lipinski definition) is 2. The predicted octanol–water partition coefficient (Wildman–Crippen LogP) is 2.94. The molecule has 158 valence electrons. The van der Waals surface area contributed by atoms with Crippen molar-refractivity contribution in [2.24, 2.45) is 10.9 Å². The molecule has 1 unspecified atom stereocenters. The zero-order chi connectivity index (χ0) is 20.8. The summed E-state index contributed by atoms with van der Waals surface area (Å²) in [6, 6.07) is 6.11. The Labute approximate surface area is 182 Å². The summed E-state index contributed by atoms with van der Waals surface area (Å²) in [7, 11) is 1.72. The quantitative estimate of drug-likeness (QED) is 0.624. The number of methoxy groups -OCH3 is 1. The number of fused-ring (bicyclic) bond motifs is 2. The van der Waals surface area contributed by atoms with Crippen molar-refractivity contribution < 1.29 is 9.47 Å². The topological polar surface area (TPSA) is 106 Å². The first kappa shape index (κ1) is 19.7. The fourth-order valence-electron chi connectivity index (χ4n) is 4.38. The molecule has 2 aromatic rings. The normalized spacial score (nSPS) is 24.1. The predicted molar refractivity (Wildman–Crippen MR) is 119 cm³/mol. The third-order valence-electron chi connectivity index (χ3n) is 6.08. The van der Waals surface area contributed by atoms with E-state index >= 15 is 0 Å². The van der Waals surface area contributed by atoms with Gasteiger partial charge in [-0.2, -0.15) is 4.98 Å². The van der Waals surface area contributed by atoms with Crippen molar-refractivity contribution in [2.75, 3.05) is 30.9 Å². The largest absolute Gasteiger partial charge is 0.383 e. The van der Waals surface area contributed by atoms with Crippen LogP contribution in [0.2, 0.25) is 0 Å². The van der Waals surface area contributed by atoms with Gasteiger partial charge < -0.3 is 20.1 Å². The zero-order valence-corrected chi connectivity index (χ0v) is 18.3. The number of nitrogens with zero attached hydrogens (tertiary/aromatic N) is 3. The molecule has 1 saturated carbocycles. The van der Waals surface area contributed by atoms with Crippen molar-refractivity contribution in [3.8, 4) is 0 Å². The lowest BCUT2D eigenvalue weighted by atomic mass is 10.0. The van der Waals surface area contributed by atoms with Crippen LogP contribution in [-0.4, -0.2) is 48.6 Å². The molecule has 1 aromatic heterocycles. The summed E-state index contributed by atoms with van der Waals surface area (Å²) < 4.78 is 12.3. The highest BCUT2D eigenvalue weighted by Crippen LogP contribution is 2.46. The van der Waals surface area contributed by atoms with E-state index in [0.29, 0.717) is 18.5 Å². The van der Waals surface area contributed by atoms with Crippen molar-refractivity contribution >= 4 is 39.6 Å². The van der Waals surface area contributed by atoms with E-state index in [1.807, 2.05) is 18.2 Å². The second kappa shape index (κ2) is 7.79. The second-order valence-electron chi connectivity index (χ2n) is 8.14. The van der Waals surface area contributed by atoms with Gasteiger partial charge in [0.2, 0.25) is 5.95 Å². The van der Waals surface area contributed by atoms with Gasteiger partial charge in [-0.25, -0.2) is 0 Å². The van der Waals surface area contributed by atoms with E-state index in [-0.39, 0.29) is 35.2 Å². The second-order valence-corrected chi connectivity index (χ2v) is 9.06. The Morgan fingerprint density at radius 3 is 2.93 bits per heavy atom. The minimum absolute atomic E-state index is 0.0152. The van der Waals surface area contributed by atoms with Gasteiger partial charge in [-0.05, 0) is 43.4 Å². The molecule has 2 bridgehead atoms. The molecule has 2 aliphatic heterocycles. The van der Waals surface area contributed by atoms with E-state index in [0.717, 1.165) is 41.5 Å². The van der Waals surface area contributed by atoms with Crippen LogP contribution in [-0.2, 0) is 9.47 Å². The molecule has 0 radical (unpaired) electrons. The van der Waals surface area contributed by atoms with Gasteiger partial charge in [0.1, 0.15) is 11.4 Å². The van der Waals surface area contributed by atoms with Gasteiger partial charge in [-0.1, -0.05) is 15.9 Å². The van der Waals surface area contributed by atoms with Crippen LogP contribution >= 0.6 is 15.9 Å². The Bertz CT molecular complexity index is 1050. The SMILES string of the molecule is COC(c1cc(Br)ccc1N=Cc1c(N)nc(N2C[C@H]3C[C@@H]2CO3)[nH]c1=O)C1CC1. The van der Waals surface area contributed by atoms with Gasteiger partial charge in [-0.15, -0.1) is 0 Å². The Morgan fingerprint density at radius 1 is 1.47 bits per heavy atom. The maximum absolute atomic E-state index is 12.7. The number of anilines is 2. The smallest absolute Gasteiger partial charge is 0.263 e. The number of nitrogens with two attached hydrogens (primary N) is 1. The molecule has 3 fully saturated rings. The number of hydrogen-bond acceptors (Lipinski definition) is 7. The summed E-state index contributed by atoms with van der Waals surface area (Å²) in [5.41, 5.74) is 7.86. The minimum Gasteiger partial charge on any atom is -0.383 e. The van der Waals surface area contributed by atoms with E-state index < -0.39 is 0 Å². The number of H-pyrrole nitrogens is 1. The Kier molecular flexibility index (Phi) is 5.12. The van der Waals surface area contributed by atoms with Crippen molar-refractivity contribution in [2.45, 2.75) is 37.5 Å². The van der Waals surface area contributed by atoms with E-state index in [4.69, 9.17) is 15.2 Å². The minimum atomic E-state index is -0.297. The monoisotopic (exact) mass is 473 g/mol. The van der Waals surface area contributed by atoms with Gasteiger partial charge in [0.15, 0.2) is 0 Å². The molecule has 9 heteroatoms. The Hall–Kier alpha value is -2.23. The van der Waals surface area contributed by atoms with Gasteiger partial charge in [-0.3, -0.25) is 14.8 Å². The van der Waals surface area contributed by atoms with Crippen molar-refractivity contribution in [3.05, 3.63) is 44.2 Å². The molecule has 30 heavy (non-hydrogen) atoms. The first-order chi connectivity index (χ1) is 14.5. The zero-order valence-electron chi connectivity index (χ0n) is 16.7. The molecule has 3 aliphatic rings. The highest BCUT2D eigenvalue weighted by Gasteiger charge is 2.40. The molecule has 3 atom stereocenters. The third-order valence-corrected chi connectivity index (χ3v) is 6.57. The third kappa shape index (κ3) is 3.66. The maximum atomic E-state index is 12.7. The molecule has 5 rings (SSSR count). The Balaban J connectivity index is 1.44. The summed E-state index contributed by atoms with van der Waals surface area (Å²) >= 11 is 3.53. The fraction of sp³-hybridized carbons (Fsp3) is 0.476. The van der Waals surface area contributed by atoms with E-state index in [1.54, 1.807) is 7.11 Å². The number of nitrogen functional groups attached to an aromatic ring is 1. The van der Waals surface area contributed by atoms with Gasteiger partial charge in [0.25, 0.3) is 5.56 Å². The van der Waals surface area contributed by atoms with Crippen LogP contribution in [0.5, 0.6) is 0 Å². The summed E-state index contributed by atoms with van der Waals surface area (Å²) in [5.74, 6) is 1.18. The highest BCUT2D eigenvalue weighted by atomic mass is 79.9. The first-order valence-corrected chi connectivity index (χ1v) is 11.0. The molecular weight excluding hydrogens is 450 g/mol. The average Bonchev–Trinajstić information content (AvgIpc) is 3.32. The van der Waals surface area contributed by atoms with E-state index in [9.17, 15) is 4.79 Å². The number of nitrogens with one attached hydrogen (secondary N) is 1. The molecular formula is C21H24BrN5O3. The van der Waals surface area contributed by atoms with Gasteiger partial charge in [0.05, 0.1) is 30.5 Å². The molecule has 2 saturated heterocycles. The number of aromatic nitrogens is 2. The van der Waals surface area contributed by atoms with Crippen LogP contribution in [0.1, 0.15) is 36.5 Å². The molecule has 3 N–H and O–H groups in total. The van der Waals surface area contributed by atoms with Crippen LogP contribution in [0.4, 0.5) is 17.5 Å². The van der Waals surface area contributed by atoms with Crippen LogP contribution in [0.3, 0.4) is 0 Å². The lowest BCUT2D eigenvalue weighted by molar-refractivity contribution is 0.0850. The summed E-state index contributed by atoms with van der Waals surface area (Å²) in [6.45, 7) is 1.38. The fourth-order valence-corrected chi connectivity index (χ4v) is 4.76. The number of aromatic amines is 1. The number of morpholine rings is 1. The number of aliphatic imine (C=N–C) groups is 1. The lowest BCUT2D eigenvalue weighted by Crippen LogP contribution is -2.39. The first-order valence-electron chi connectivity index (χ1n) is 10.2. The van der Waals surface area contributed by atoms with Gasteiger partial charge >= 0.3 is 0 Å². The molecule has 3 heterocycles. The molecule has 8 nitrogen and oxygen atoms in total. The van der Waals surface area contributed by atoms with Crippen molar-refractivity contribution in [3.63, 3.8) is 0 Å². The molecule has 1 aliphatic carbocycles. The standard InChI is InChI=1S/C21H24BrN5O3/c1-29-18(11-2-3-11)15-6-12(22)4-5-17(15)24-8-16-19(23)25-21(26-20(16)28)27-9-14-7-13(27)10-30-14/h4-6,8,11,13-14,18H,2-3,7,9-10H2,1H3,(H3,23,25,26,28)/t13-,14-,18?/m1/s1. The van der Waals surface area contributed by atoms with Crippen LogP contribution in [0.15, 0.2) is 32.5 Å². The van der Waals surface area contributed by atoms with Crippen LogP contribution in [0, 0.1) is 5.92 Å². The molecule has 1 aromatic carbocycles. The van der Waals surface area contributed by atoms with Crippen LogP contribution < -0.4 is 16.2 Å². The highest BCUT2D eigenvalue weighted by molar-refractivity contribution is 9.10. The summed E-state index contributed by atoms with van der Waals surface area (Å²) in [4.78, 5) is 26.7. The van der Waals surface area contributed by atoms with Gasteiger partial charge in [0, 0.05) is 29.9 Å². The maximum Gasteiger partial charge on any atom is 0.263 e. The Morgan fingerprint density at radius 2 is 2.30 bits per heavy atom. The number of ether oxygens (including phenoxy) is 2. The number of benzene rings is 1. The summed E-state index contributed by atoms with van der Waals surface area (Å²) in [5, 5.41) is 0. The van der Waals surface area contributed by atoms with Crippen LogP contribution in [0.25, 0.3) is 0 Å². The van der Waals surface area contributed by atoms with E-state index in [2.05, 4.69) is 35.8 Å². The molecule has 0 spiro atoms. The molecule has 0 amide bonds. The van der Waals surface area contributed by atoms with Crippen molar-refractivity contribution in [1.82, 2.24) is 9.97 Å². The number of rotatable bonds is 6. The van der Waals surface area contributed by atoms with E-state index in [1.165, 1.54) is 6.21 Å². The van der Waals surface area contributed by atoms with Crippen molar-refractivity contribution in [1.29, 1.82) is 0 Å². The lowest BCUT2D eigenvalue weighted by Gasteiger charge is -2.27.